The number of phenolic OH excluding ortho intramolecular Hbond substituents is 1. The summed E-state index contributed by atoms with van der Waals surface area (Å²) in [6.07, 6.45) is 0.606. The van der Waals surface area contributed by atoms with Gasteiger partial charge in [-0.3, -0.25) is 25.1 Å². The maximum atomic E-state index is 11.3. The summed E-state index contributed by atoms with van der Waals surface area (Å²) in [6.45, 7) is 3.42. The molecule has 1 aliphatic rings. The maximum Gasteiger partial charge on any atom is 0.324 e. The van der Waals surface area contributed by atoms with Crippen LogP contribution in [0.5, 0.6) is 11.5 Å². The molecule has 1 aromatic carbocycles. The zero-order chi connectivity index (χ0) is 17.7. The monoisotopic (exact) mass is 341 g/mol. The zero-order valence-electron chi connectivity index (χ0n) is 13.3. The molecule has 1 N–H and O–H groups in total. The van der Waals surface area contributed by atoms with Crippen molar-refractivity contribution in [2.24, 2.45) is 0 Å². The second-order valence-electron chi connectivity index (χ2n) is 5.35. The number of nitro groups is 2. The van der Waals surface area contributed by atoms with Crippen molar-refractivity contribution in [2.75, 3.05) is 40.0 Å². The number of hydrogen-bond donors (Lipinski definition) is 1. The van der Waals surface area contributed by atoms with Gasteiger partial charge in [-0.1, -0.05) is 0 Å². The van der Waals surface area contributed by atoms with Gasteiger partial charge in [0.25, 0.3) is 5.69 Å². The highest BCUT2D eigenvalue weighted by atomic mass is 16.6. The summed E-state index contributed by atoms with van der Waals surface area (Å²) >= 11 is 0. The Balaban J connectivity index is 2.26. The van der Waals surface area contributed by atoms with E-state index in [1.54, 1.807) is 0 Å². The molecule has 0 aliphatic carbocycles. The molecule has 1 heterocycles. The molecule has 132 valence electrons. The zero-order valence-corrected chi connectivity index (χ0v) is 13.3. The summed E-state index contributed by atoms with van der Waals surface area (Å²) in [5.41, 5.74) is -1.17. The molecule has 1 aromatic rings. The van der Waals surface area contributed by atoms with Gasteiger partial charge in [-0.15, -0.1) is 0 Å². The molecule has 0 bridgehead atoms. The summed E-state index contributed by atoms with van der Waals surface area (Å²) in [4.78, 5) is 23.2. The van der Waals surface area contributed by atoms with E-state index in [0.29, 0.717) is 26.2 Å². The van der Waals surface area contributed by atoms with Crippen molar-refractivity contribution in [3.63, 3.8) is 0 Å². The predicted molar refractivity (Wildman–Crippen MR) is 83.5 cm³/mol. The van der Waals surface area contributed by atoms with Crippen LogP contribution in [0.2, 0.25) is 0 Å². The smallest absolute Gasteiger partial charge is 0.324 e. The topological polar surface area (TPSA) is 128 Å². The number of phenols is 1. The fourth-order valence-corrected chi connectivity index (χ4v) is 2.73. The lowest BCUT2D eigenvalue weighted by atomic mass is 10.0. The standard InChI is InChI=1S/C14H19N3O7/c1-23-12-9-11(16(19)20)10(13(14(12)18)17(21)22)3-2-4-15-5-7-24-8-6-15/h9,18H,2-8H2,1H3. The maximum absolute atomic E-state index is 11.3. The summed E-state index contributed by atoms with van der Waals surface area (Å²) in [5.74, 6) is -0.972. The van der Waals surface area contributed by atoms with Crippen molar-refractivity contribution in [3.05, 3.63) is 31.9 Å². The van der Waals surface area contributed by atoms with Gasteiger partial charge in [0, 0.05) is 13.1 Å². The largest absolute Gasteiger partial charge is 0.500 e. The third kappa shape index (κ3) is 3.89. The van der Waals surface area contributed by atoms with Crippen molar-refractivity contribution in [1.82, 2.24) is 4.90 Å². The van der Waals surface area contributed by atoms with Crippen LogP contribution in [0.1, 0.15) is 12.0 Å². The second kappa shape index (κ2) is 7.88. The Labute approximate surface area is 137 Å². The van der Waals surface area contributed by atoms with Gasteiger partial charge in [0.15, 0.2) is 5.75 Å². The first kappa shape index (κ1) is 17.9. The number of nitro benzene ring substituents is 2. The van der Waals surface area contributed by atoms with E-state index in [4.69, 9.17) is 9.47 Å². The molecule has 0 saturated carbocycles. The van der Waals surface area contributed by atoms with Crippen LogP contribution < -0.4 is 4.74 Å². The first-order chi connectivity index (χ1) is 11.5. The van der Waals surface area contributed by atoms with Crippen molar-refractivity contribution in [2.45, 2.75) is 12.8 Å². The average molecular weight is 341 g/mol. The third-order valence-corrected chi connectivity index (χ3v) is 3.92. The summed E-state index contributed by atoms with van der Waals surface area (Å²) in [6, 6.07) is 1.02. The van der Waals surface area contributed by atoms with Crippen LogP contribution in [-0.4, -0.2) is 59.8 Å². The molecule has 2 rings (SSSR count). The van der Waals surface area contributed by atoms with E-state index in [2.05, 4.69) is 4.90 Å². The van der Waals surface area contributed by atoms with Gasteiger partial charge in [0.2, 0.25) is 5.75 Å². The third-order valence-electron chi connectivity index (χ3n) is 3.92. The highest BCUT2D eigenvalue weighted by molar-refractivity contribution is 5.67. The Morgan fingerprint density at radius 2 is 1.96 bits per heavy atom. The number of methoxy groups -OCH3 is 1. The highest BCUT2D eigenvalue weighted by Crippen LogP contribution is 2.44. The van der Waals surface area contributed by atoms with Gasteiger partial charge in [0.1, 0.15) is 5.56 Å². The molecule has 0 unspecified atom stereocenters. The van der Waals surface area contributed by atoms with Crippen LogP contribution in [0.3, 0.4) is 0 Å². The normalized spacial score (nSPS) is 15.2. The van der Waals surface area contributed by atoms with Crippen molar-refractivity contribution in [1.29, 1.82) is 0 Å². The number of hydrogen-bond acceptors (Lipinski definition) is 8. The number of rotatable bonds is 7. The molecule has 0 atom stereocenters. The number of ether oxygens (including phenoxy) is 2. The molecule has 1 aliphatic heterocycles. The SMILES string of the molecule is COc1cc([N+](=O)[O-])c(CCCN2CCOCC2)c([N+](=O)[O-])c1O. The number of nitrogens with zero attached hydrogens (tertiary/aromatic N) is 3. The van der Waals surface area contributed by atoms with Crippen LogP contribution in [0.25, 0.3) is 0 Å². The highest BCUT2D eigenvalue weighted by Gasteiger charge is 2.32. The molecular formula is C14H19N3O7. The molecule has 0 spiro atoms. The number of aromatic hydroxyl groups is 1. The van der Waals surface area contributed by atoms with E-state index in [0.717, 1.165) is 19.2 Å². The van der Waals surface area contributed by atoms with Gasteiger partial charge in [0.05, 0.1) is 36.2 Å². The van der Waals surface area contributed by atoms with Crippen LogP contribution in [0, 0.1) is 20.2 Å². The first-order valence-corrected chi connectivity index (χ1v) is 7.47. The Bertz CT molecular complexity index is 629. The number of benzene rings is 1. The first-order valence-electron chi connectivity index (χ1n) is 7.47. The van der Waals surface area contributed by atoms with Crippen LogP contribution in [0.15, 0.2) is 6.07 Å². The summed E-state index contributed by atoms with van der Waals surface area (Å²) < 4.78 is 10.0. The summed E-state index contributed by atoms with van der Waals surface area (Å²) in [5, 5.41) is 32.5. The molecule has 24 heavy (non-hydrogen) atoms. The van der Waals surface area contributed by atoms with Crippen LogP contribution in [0.4, 0.5) is 11.4 Å². The minimum Gasteiger partial charge on any atom is -0.500 e. The van der Waals surface area contributed by atoms with Gasteiger partial charge in [-0.05, 0) is 19.4 Å². The molecule has 1 saturated heterocycles. The predicted octanol–water partition coefficient (Wildman–Crippen LogP) is 1.48. The molecule has 10 heteroatoms. The van der Waals surface area contributed by atoms with E-state index in [9.17, 15) is 25.3 Å². The molecular weight excluding hydrogens is 322 g/mol. The molecule has 1 fully saturated rings. The van der Waals surface area contributed by atoms with E-state index in [1.165, 1.54) is 7.11 Å². The van der Waals surface area contributed by atoms with Gasteiger partial charge in [-0.25, -0.2) is 0 Å². The molecule has 0 aromatic heterocycles. The Morgan fingerprint density at radius 1 is 1.29 bits per heavy atom. The minimum atomic E-state index is -0.811. The Hall–Kier alpha value is -2.46. The molecule has 0 amide bonds. The van der Waals surface area contributed by atoms with Crippen molar-refractivity contribution in [3.8, 4) is 11.5 Å². The van der Waals surface area contributed by atoms with E-state index in [-0.39, 0.29) is 17.7 Å². The average Bonchev–Trinajstić information content (AvgIpc) is 2.55. The van der Waals surface area contributed by atoms with E-state index in [1.807, 2.05) is 0 Å². The molecule has 10 nitrogen and oxygen atoms in total. The Morgan fingerprint density at radius 3 is 2.50 bits per heavy atom. The second-order valence-corrected chi connectivity index (χ2v) is 5.35. The van der Waals surface area contributed by atoms with E-state index < -0.39 is 27.0 Å². The minimum absolute atomic E-state index is 0.0865. The lowest BCUT2D eigenvalue weighted by Gasteiger charge is -2.26. The fourth-order valence-electron chi connectivity index (χ4n) is 2.73. The van der Waals surface area contributed by atoms with E-state index >= 15 is 0 Å². The lowest BCUT2D eigenvalue weighted by Crippen LogP contribution is -2.37. The van der Waals surface area contributed by atoms with Crippen LogP contribution in [-0.2, 0) is 11.2 Å². The summed E-state index contributed by atoms with van der Waals surface area (Å²) in [7, 11) is 1.18. The van der Waals surface area contributed by atoms with Crippen molar-refractivity contribution >= 4 is 11.4 Å². The number of morpholine rings is 1. The van der Waals surface area contributed by atoms with Gasteiger partial charge >= 0.3 is 5.69 Å². The lowest BCUT2D eigenvalue weighted by molar-refractivity contribution is -0.396. The quantitative estimate of drug-likeness (QED) is 0.583. The fraction of sp³-hybridized carbons (Fsp3) is 0.571. The van der Waals surface area contributed by atoms with Crippen molar-refractivity contribution < 1.29 is 24.4 Å². The molecule has 0 radical (unpaired) electrons. The Kier molecular flexibility index (Phi) is 5.88. The van der Waals surface area contributed by atoms with Gasteiger partial charge in [-0.2, -0.15) is 0 Å². The van der Waals surface area contributed by atoms with Crippen LogP contribution >= 0.6 is 0 Å². The van der Waals surface area contributed by atoms with Gasteiger partial charge < -0.3 is 14.6 Å².